The molecule has 0 radical (unpaired) electrons. The van der Waals surface area contributed by atoms with Gasteiger partial charge in [0.05, 0.1) is 13.2 Å². The van der Waals surface area contributed by atoms with Gasteiger partial charge < -0.3 is 15.0 Å². The first-order valence-corrected chi connectivity index (χ1v) is 10.6. The van der Waals surface area contributed by atoms with E-state index in [-0.39, 0.29) is 11.8 Å². The molecule has 0 spiro atoms. The van der Waals surface area contributed by atoms with E-state index in [0.717, 1.165) is 44.0 Å². The van der Waals surface area contributed by atoms with Gasteiger partial charge >= 0.3 is 0 Å². The van der Waals surface area contributed by atoms with Crippen molar-refractivity contribution in [3.63, 3.8) is 0 Å². The molecule has 1 fully saturated rings. The van der Waals surface area contributed by atoms with Crippen molar-refractivity contribution >= 4 is 11.8 Å². The second-order valence-electron chi connectivity index (χ2n) is 7.42. The summed E-state index contributed by atoms with van der Waals surface area (Å²) >= 11 is 0. The Morgan fingerprint density at radius 2 is 1.67 bits per heavy atom. The van der Waals surface area contributed by atoms with Crippen molar-refractivity contribution in [1.82, 2.24) is 15.1 Å². The average Bonchev–Trinajstić information content (AvgIpc) is 2.80. The Morgan fingerprint density at radius 3 is 2.30 bits per heavy atom. The van der Waals surface area contributed by atoms with Crippen molar-refractivity contribution in [3.05, 3.63) is 71.8 Å². The smallest absolute Gasteiger partial charge is 0.247 e. The summed E-state index contributed by atoms with van der Waals surface area (Å²) < 4.78 is 5.38. The first-order valence-electron chi connectivity index (χ1n) is 10.6. The molecule has 1 aliphatic heterocycles. The molecule has 0 saturated carbocycles. The van der Waals surface area contributed by atoms with Gasteiger partial charge in [0.2, 0.25) is 11.8 Å². The van der Waals surface area contributed by atoms with Crippen LogP contribution in [0.2, 0.25) is 0 Å². The number of hydrogen-bond donors (Lipinski definition) is 1. The molecule has 6 nitrogen and oxygen atoms in total. The number of nitrogens with zero attached hydrogens (tertiary/aromatic N) is 2. The zero-order valence-corrected chi connectivity index (χ0v) is 17.6. The number of nitrogens with one attached hydrogen (secondary N) is 1. The van der Waals surface area contributed by atoms with Crippen LogP contribution < -0.4 is 5.32 Å². The van der Waals surface area contributed by atoms with Crippen LogP contribution in [-0.4, -0.2) is 61.0 Å². The number of hydrogen-bond acceptors (Lipinski definition) is 4. The Kier molecular flexibility index (Phi) is 8.41. The summed E-state index contributed by atoms with van der Waals surface area (Å²) in [6.07, 6.45) is 0.344. The van der Waals surface area contributed by atoms with E-state index in [0.29, 0.717) is 19.5 Å². The van der Waals surface area contributed by atoms with Gasteiger partial charge in [0, 0.05) is 39.1 Å². The van der Waals surface area contributed by atoms with Crippen LogP contribution in [0.4, 0.5) is 0 Å². The zero-order valence-electron chi connectivity index (χ0n) is 17.6. The van der Waals surface area contributed by atoms with Gasteiger partial charge in [-0.2, -0.15) is 0 Å². The maximum atomic E-state index is 13.3. The molecule has 2 aromatic carbocycles. The van der Waals surface area contributed by atoms with E-state index in [4.69, 9.17) is 4.74 Å². The predicted molar refractivity (Wildman–Crippen MR) is 117 cm³/mol. The van der Waals surface area contributed by atoms with Crippen LogP contribution in [0.25, 0.3) is 0 Å². The minimum Gasteiger partial charge on any atom is -0.379 e. The highest BCUT2D eigenvalue weighted by Crippen LogP contribution is 2.24. The Bertz CT molecular complexity index is 792. The van der Waals surface area contributed by atoms with Gasteiger partial charge in [-0.1, -0.05) is 67.6 Å². The third-order valence-electron chi connectivity index (χ3n) is 5.32. The van der Waals surface area contributed by atoms with Crippen molar-refractivity contribution in [2.24, 2.45) is 0 Å². The molecule has 1 N–H and O–H groups in total. The number of carbonyl (C=O) groups excluding carboxylic acids is 2. The molecule has 3 rings (SSSR count). The van der Waals surface area contributed by atoms with Crippen LogP contribution in [0.5, 0.6) is 0 Å². The standard InChI is InChI=1S/C24H31N3O3/c1-2-22(28)27(19-20-9-5-3-6-10-20)23(21-11-7-4-8-12-21)24(29)25-13-14-26-15-17-30-18-16-26/h3-12,23H,2,13-19H2,1H3,(H,25,29)/t23-/m0/s1. The lowest BCUT2D eigenvalue weighted by atomic mass is 10.0. The first-order chi connectivity index (χ1) is 14.7. The van der Waals surface area contributed by atoms with Crippen LogP contribution in [0.3, 0.4) is 0 Å². The number of morpholine rings is 1. The van der Waals surface area contributed by atoms with Crippen LogP contribution in [0.15, 0.2) is 60.7 Å². The Morgan fingerprint density at radius 1 is 1.03 bits per heavy atom. The molecule has 0 bridgehead atoms. The van der Waals surface area contributed by atoms with Crippen molar-refractivity contribution in [2.75, 3.05) is 39.4 Å². The Hall–Kier alpha value is -2.70. The molecule has 6 heteroatoms. The minimum absolute atomic E-state index is 0.0453. The summed E-state index contributed by atoms with van der Waals surface area (Å²) in [5.74, 6) is -0.191. The molecule has 160 valence electrons. The summed E-state index contributed by atoms with van der Waals surface area (Å²) in [6, 6.07) is 18.7. The molecule has 1 saturated heterocycles. The highest BCUT2D eigenvalue weighted by atomic mass is 16.5. The first kappa shape index (κ1) is 22.0. The molecule has 1 aliphatic rings. The molecule has 2 amide bonds. The molecular weight excluding hydrogens is 378 g/mol. The van der Waals surface area contributed by atoms with E-state index in [1.165, 1.54) is 0 Å². The number of benzene rings is 2. The van der Waals surface area contributed by atoms with Gasteiger partial charge in [-0.05, 0) is 11.1 Å². The van der Waals surface area contributed by atoms with Gasteiger partial charge in [0.15, 0.2) is 0 Å². The second-order valence-corrected chi connectivity index (χ2v) is 7.42. The SMILES string of the molecule is CCC(=O)N(Cc1ccccc1)[C@H](C(=O)NCCN1CCOCC1)c1ccccc1. The monoisotopic (exact) mass is 409 g/mol. The summed E-state index contributed by atoms with van der Waals surface area (Å²) in [7, 11) is 0. The zero-order chi connectivity index (χ0) is 21.2. The highest BCUT2D eigenvalue weighted by Gasteiger charge is 2.30. The number of ether oxygens (including phenoxy) is 1. The number of carbonyl (C=O) groups is 2. The third-order valence-corrected chi connectivity index (χ3v) is 5.32. The summed E-state index contributed by atoms with van der Waals surface area (Å²) in [6.45, 7) is 6.77. The lowest BCUT2D eigenvalue weighted by Crippen LogP contribution is -2.46. The topological polar surface area (TPSA) is 61.9 Å². The normalized spacial score (nSPS) is 15.4. The van der Waals surface area contributed by atoms with E-state index in [9.17, 15) is 9.59 Å². The fourth-order valence-electron chi connectivity index (χ4n) is 3.67. The van der Waals surface area contributed by atoms with Gasteiger partial charge in [-0.25, -0.2) is 0 Å². The van der Waals surface area contributed by atoms with E-state index < -0.39 is 6.04 Å². The largest absolute Gasteiger partial charge is 0.379 e. The summed E-state index contributed by atoms with van der Waals surface area (Å²) in [5, 5.41) is 3.06. The maximum absolute atomic E-state index is 13.3. The molecule has 2 aromatic rings. The van der Waals surface area contributed by atoms with Gasteiger partial charge in [0.25, 0.3) is 0 Å². The Labute approximate surface area is 178 Å². The Balaban J connectivity index is 1.76. The lowest BCUT2D eigenvalue weighted by molar-refractivity contribution is -0.141. The molecule has 0 aromatic heterocycles. The fraction of sp³-hybridized carbons (Fsp3) is 0.417. The van der Waals surface area contributed by atoms with Crippen LogP contribution >= 0.6 is 0 Å². The van der Waals surface area contributed by atoms with E-state index in [1.54, 1.807) is 4.90 Å². The molecular formula is C24H31N3O3. The number of amides is 2. The predicted octanol–water partition coefficient (Wildman–Crippen LogP) is 2.61. The summed E-state index contributed by atoms with van der Waals surface area (Å²) in [5.41, 5.74) is 1.82. The molecule has 30 heavy (non-hydrogen) atoms. The third kappa shape index (κ3) is 6.15. The molecule has 1 heterocycles. The molecule has 1 atom stereocenters. The van der Waals surface area contributed by atoms with E-state index in [2.05, 4.69) is 10.2 Å². The average molecular weight is 410 g/mol. The molecule has 0 unspecified atom stereocenters. The van der Waals surface area contributed by atoms with Crippen molar-refractivity contribution in [1.29, 1.82) is 0 Å². The van der Waals surface area contributed by atoms with Gasteiger partial charge in [-0.15, -0.1) is 0 Å². The van der Waals surface area contributed by atoms with Crippen LogP contribution in [0.1, 0.15) is 30.5 Å². The van der Waals surface area contributed by atoms with Gasteiger partial charge in [-0.3, -0.25) is 14.5 Å². The highest BCUT2D eigenvalue weighted by molar-refractivity contribution is 5.88. The maximum Gasteiger partial charge on any atom is 0.247 e. The summed E-state index contributed by atoms with van der Waals surface area (Å²) in [4.78, 5) is 30.1. The van der Waals surface area contributed by atoms with E-state index >= 15 is 0 Å². The lowest BCUT2D eigenvalue weighted by Gasteiger charge is -2.32. The van der Waals surface area contributed by atoms with Crippen molar-refractivity contribution in [3.8, 4) is 0 Å². The minimum atomic E-state index is -0.663. The molecule has 0 aliphatic carbocycles. The second kappa shape index (κ2) is 11.5. The van der Waals surface area contributed by atoms with E-state index in [1.807, 2.05) is 67.6 Å². The van der Waals surface area contributed by atoms with Crippen molar-refractivity contribution in [2.45, 2.75) is 25.9 Å². The van der Waals surface area contributed by atoms with Gasteiger partial charge in [0.1, 0.15) is 6.04 Å². The van der Waals surface area contributed by atoms with Crippen LogP contribution in [-0.2, 0) is 20.9 Å². The van der Waals surface area contributed by atoms with Crippen molar-refractivity contribution < 1.29 is 14.3 Å². The quantitative estimate of drug-likeness (QED) is 0.692. The fourth-order valence-corrected chi connectivity index (χ4v) is 3.67. The van der Waals surface area contributed by atoms with Crippen LogP contribution in [0, 0.1) is 0 Å². The number of rotatable bonds is 9.